The molecule has 0 saturated heterocycles. The molecule has 23 heavy (non-hydrogen) atoms. The molecule has 1 heterocycles. The van der Waals surface area contributed by atoms with Gasteiger partial charge in [0.15, 0.2) is 0 Å². The van der Waals surface area contributed by atoms with E-state index in [1.165, 1.54) is 12.5 Å². The number of hydrogen-bond donors (Lipinski definition) is 1. The van der Waals surface area contributed by atoms with Crippen LogP contribution in [0.3, 0.4) is 0 Å². The van der Waals surface area contributed by atoms with Crippen molar-refractivity contribution in [3.63, 3.8) is 0 Å². The van der Waals surface area contributed by atoms with Crippen molar-refractivity contribution in [2.75, 3.05) is 6.54 Å². The monoisotopic (exact) mass is 321 g/mol. The first-order chi connectivity index (χ1) is 11.0. The molecule has 120 valence electrons. The number of carbonyl (C=O) groups excluding carboxylic acids is 1. The maximum absolute atomic E-state index is 12.5. The van der Waals surface area contributed by atoms with Crippen LogP contribution in [0.4, 0.5) is 13.2 Å². The van der Waals surface area contributed by atoms with Gasteiger partial charge in [-0.2, -0.15) is 13.2 Å². The second-order valence-electron chi connectivity index (χ2n) is 5.50. The second-order valence-corrected chi connectivity index (χ2v) is 5.50. The fourth-order valence-corrected chi connectivity index (χ4v) is 2.51. The third-order valence-corrected chi connectivity index (χ3v) is 3.87. The smallest absolute Gasteiger partial charge is 0.352 e. The van der Waals surface area contributed by atoms with Gasteiger partial charge in [0.25, 0.3) is 5.91 Å². The van der Waals surface area contributed by atoms with Gasteiger partial charge in [0.2, 0.25) is 0 Å². The zero-order chi connectivity index (χ0) is 16.4. The Balaban J connectivity index is 1.69. The van der Waals surface area contributed by atoms with Gasteiger partial charge >= 0.3 is 6.18 Å². The molecule has 1 amide bonds. The number of aromatic nitrogens is 2. The lowest BCUT2D eigenvalue weighted by Gasteiger charge is -2.09. The van der Waals surface area contributed by atoms with Crippen molar-refractivity contribution in [2.24, 2.45) is 11.8 Å². The average molecular weight is 321 g/mol. The molecule has 3 rings (SSSR count). The van der Waals surface area contributed by atoms with Crippen LogP contribution in [-0.4, -0.2) is 28.6 Å². The Morgan fingerprint density at radius 3 is 2.65 bits per heavy atom. The Morgan fingerprint density at radius 1 is 1.26 bits per heavy atom. The Labute approximate surface area is 130 Å². The summed E-state index contributed by atoms with van der Waals surface area (Å²) in [6, 6.07) is 9.09. The molecule has 1 N–H and O–H groups in total. The predicted molar refractivity (Wildman–Crippen MR) is 77.5 cm³/mol. The van der Waals surface area contributed by atoms with E-state index in [1.54, 1.807) is 12.1 Å². The molecule has 1 aromatic carbocycles. The number of hydrogen-bond acceptors (Lipinski definition) is 3. The summed E-state index contributed by atoms with van der Waals surface area (Å²) in [5.74, 6) is -2.30. The van der Waals surface area contributed by atoms with Gasteiger partial charge in [0.1, 0.15) is 6.33 Å². The van der Waals surface area contributed by atoms with Crippen LogP contribution in [-0.2, 0) is 0 Å². The van der Waals surface area contributed by atoms with Crippen molar-refractivity contribution in [1.82, 2.24) is 15.3 Å². The maximum Gasteiger partial charge on any atom is 0.392 e. The van der Waals surface area contributed by atoms with Crippen LogP contribution in [0.15, 0.2) is 42.9 Å². The molecule has 0 radical (unpaired) electrons. The highest BCUT2D eigenvalue weighted by Gasteiger charge is 2.55. The molecule has 1 aliphatic rings. The van der Waals surface area contributed by atoms with E-state index in [4.69, 9.17) is 0 Å². The molecule has 7 heteroatoms. The number of rotatable bonds is 4. The van der Waals surface area contributed by atoms with E-state index in [1.807, 2.05) is 18.2 Å². The SMILES string of the molecule is O=C(NC[C@H]1C[C@@H]1C(F)(F)F)c1cncnc1-c1ccccc1. The number of carbonyl (C=O) groups is 1. The first kappa shape index (κ1) is 15.5. The van der Waals surface area contributed by atoms with E-state index in [9.17, 15) is 18.0 Å². The summed E-state index contributed by atoms with van der Waals surface area (Å²) in [6.45, 7) is 0.00609. The Hall–Kier alpha value is -2.44. The number of nitrogens with one attached hydrogen (secondary N) is 1. The van der Waals surface area contributed by atoms with E-state index in [0.29, 0.717) is 5.69 Å². The molecule has 1 fully saturated rings. The van der Waals surface area contributed by atoms with Gasteiger partial charge in [-0.05, 0) is 12.3 Å². The van der Waals surface area contributed by atoms with Crippen molar-refractivity contribution in [2.45, 2.75) is 12.6 Å². The molecule has 2 aromatic rings. The summed E-state index contributed by atoms with van der Waals surface area (Å²) < 4.78 is 37.5. The van der Waals surface area contributed by atoms with E-state index < -0.39 is 23.9 Å². The first-order valence-corrected chi connectivity index (χ1v) is 7.17. The summed E-state index contributed by atoms with van der Waals surface area (Å²) in [5.41, 5.74) is 1.46. The van der Waals surface area contributed by atoms with Crippen LogP contribution in [0.2, 0.25) is 0 Å². The third-order valence-electron chi connectivity index (χ3n) is 3.87. The number of nitrogens with zero attached hydrogens (tertiary/aromatic N) is 2. The summed E-state index contributed by atoms with van der Waals surface area (Å²) in [4.78, 5) is 20.2. The van der Waals surface area contributed by atoms with Crippen molar-refractivity contribution in [1.29, 1.82) is 0 Å². The van der Waals surface area contributed by atoms with Crippen molar-refractivity contribution < 1.29 is 18.0 Å². The van der Waals surface area contributed by atoms with Crippen LogP contribution in [0.5, 0.6) is 0 Å². The van der Waals surface area contributed by atoms with E-state index >= 15 is 0 Å². The number of halogens is 3. The van der Waals surface area contributed by atoms with Crippen LogP contribution >= 0.6 is 0 Å². The van der Waals surface area contributed by atoms with Crippen molar-refractivity contribution in [3.05, 3.63) is 48.4 Å². The molecular weight excluding hydrogens is 307 g/mol. The topological polar surface area (TPSA) is 54.9 Å². The molecule has 1 aliphatic carbocycles. The quantitative estimate of drug-likeness (QED) is 0.941. The second kappa shape index (κ2) is 5.98. The summed E-state index contributed by atoms with van der Waals surface area (Å²) in [7, 11) is 0. The maximum atomic E-state index is 12.5. The van der Waals surface area contributed by atoms with Gasteiger partial charge in [-0.15, -0.1) is 0 Å². The van der Waals surface area contributed by atoms with Crippen molar-refractivity contribution in [3.8, 4) is 11.3 Å². The minimum atomic E-state index is -4.18. The number of alkyl halides is 3. The number of amides is 1. The third kappa shape index (κ3) is 3.49. The fourth-order valence-electron chi connectivity index (χ4n) is 2.51. The molecular formula is C16H14F3N3O. The zero-order valence-corrected chi connectivity index (χ0v) is 12.0. The van der Waals surface area contributed by atoms with Gasteiger partial charge < -0.3 is 5.32 Å². The lowest BCUT2D eigenvalue weighted by atomic mass is 10.1. The zero-order valence-electron chi connectivity index (χ0n) is 12.0. The molecule has 1 saturated carbocycles. The minimum Gasteiger partial charge on any atom is -0.352 e. The largest absolute Gasteiger partial charge is 0.392 e. The van der Waals surface area contributed by atoms with Gasteiger partial charge in [-0.25, -0.2) is 9.97 Å². The molecule has 0 unspecified atom stereocenters. The first-order valence-electron chi connectivity index (χ1n) is 7.17. The summed E-state index contributed by atoms with van der Waals surface area (Å²) in [6.07, 6.45) is -1.40. The highest BCUT2D eigenvalue weighted by atomic mass is 19.4. The van der Waals surface area contributed by atoms with Gasteiger partial charge in [-0.3, -0.25) is 4.79 Å². The van der Waals surface area contributed by atoms with Crippen LogP contribution < -0.4 is 5.32 Å². The molecule has 1 aromatic heterocycles. The normalized spacial score (nSPS) is 20.1. The van der Waals surface area contributed by atoms with Crippen LogP contribution in [0, 0.1) is 11.8 Å². The summed E-state index contributed by atoms with van der Waals surface area (Å²) in [5, 5.41) is 2.55. The van der Waals surface area contributed by atoms with E-state index in [0.717, 1.165) is 5.56 Å². The Kier molecular flexibility index (Phi) is 4.02. The molecule has 0 bridgehead atoms. The highest BCUT2D eigenvalue weighted by molar-refractivity contribution is 5.99. The van der Waals surface area contributed by atoms with Gasteiger partial charge in [0, 0.05) is 18.3 Å². The van der Waals surface area contributed by atoms with Crippen LogP contribution in [0.25, 0.3) is 11.3 Å². The predicted octanol–water partition coefficient (Wildman–Crippen LogP) is 3.07. The highest BCUT2D eigenvalue weighted by Crippen LogP contribution is 2.49. The van der Waals surface area contributed by atoms with Gasteiger partial charge in [0.05, 0.1) is 17.2 Å². The van der Waals surface area contributed by atoms with E-state index in [2.05, 4.69) is 15.3 Å². The Bertz CT molecular complexity index is 703. The average Bonchev–Trinajstić information content (AvgIpc) is 3.33. The lowest BCUT2D eigenvalue weighted by molar-refractivity contribution is -0.150. The Morgan fingerprint density at radius 2 is 2.00 bits per heavy atom. The van der Waals surface area contributed by atoms with Crippen molar-refractivity contribution >= 4 is 5.91 Å². The van der Waals surface area contributed by atoms with Crippen LogP contribution in [0.1, 0.15) is 16.8 Å². The lowest BCUT2D eigenvalue weighted by Crippen LogP contribution is -2.28. The fraction of sp³-hybridized carbons (Fsp3) is 0.312. The molecule has 0 aliphatic heterocycles. The molecule has 4 nitrogen and oxygen atoms in total. The molecule has 0 spiro atoms. The number of benzene rings is 1. The van der Waals surface area contributed by atoms with Gasteiger partial charge in [-0.1, -0.05) is 30.3 Å². The summed E-state index contributed by atoms with van der Waals surface area (Å²) >= 11 is 0. The molecule has 2 atom stereocenters. The standard InChI is InChI=1S/C16H14F3N3O/c17-16(18,19)13-6-11(13)7-21-15(23)12-8-20-9-22-14(12)10-4-2-1-3-5-10/h1-5,8-9,11,13H,6-7H2,(H,21,23)/t11-,13+/m1/s1. The minimum absolute atomic E-state index is 0.00609. The van der Waals surface area contributed by atoms with E-state index in [-0.39, 0.29) is 18.5 Å².